The summed E-state index contributed by atoms with van der Waals surface area (Å²) in [6.45, 7) is 6.28. The van der Waals surface area contributed by atoms with Crippen molar-refractivity contribution in [2.45, 2.75) is 83.8 Å². The molecule has 4 aliphatic carbocycles. The minimum absolute atomic E-state index is 0.0436. The number of carbonyl (C=O) groups excluding carboxylic acids is 1. The van der Waals surface area contributed by atoms with Crippen LogP contribution < -0.4 is 0 Å². The molecule has 1 aromatic rings. The minimum Gasteiger partial charge on any atom is -0.462 e. The summed E-state index contributed by atoms with van der Waals surface area (Å²) in [6, 6.07) is 10.0. The van der Waals surface area contributed by atoms with Gasteiger partial charge in [-0.2, -0.15) is 0 Å². The lowest BCUT2D eigenvalue weighted by Crippen LogP contribution is -2.54. The molecule has 0 aromatic heterocycles. The molecule has 0 radical (unpaired) electrons. The highest BCUT2D eigenvalue weighted by Gasteiger charge is 2.63. The van der Waals surface area contributed by atoms with E-state index in [1.165, 1.54) is 12.5 Å². The molecule has 3 fully saturated rings. The van der Waals surface area contributed by atoms with Crippen LogP contribution in [0.25, 0.3) is 0 Å². The summed E-state index contributed by atoms with van der Waals surface area (Å²) >= 11 is 0. The van der Waals surface area contributed by atoms with E-state index in [1.54, 1.807) is 0 Å². The van der Waals surface area contributed by atoms with Crippen LogP contribution in [0, 0.1) is 40.4 Å². The first kappa shape index (κ1) is 21.8. The Balaban J connectivity index is 1.40. The van der Waals surface area contributed by atoms with Crippen molar-refractivity contribution < 1.29 is 14.6 Å². The van der Waals surface area contributed by atoms with Crippen LogP contribution in [0.15, 0.2) is 42.0 Å². The van der Waals surface area contributed by atoms with Gasteiger partial charge in [0.2, 0.25) is 0 Å². The number of allylic oxidation sites excluding steroid dienone is 1. The van der Waals surface area contributed by atoms with Gasteiger partial charge in [0.1, 0.15) is 11.7 Å². The Bertz CT molecular complexity index is 985. The lowest BCUT2D eigenvalue weighted by atomic mass is 9.47. The molecule has 0 amide bonds. The van der Waals surface area contributed by atoms with Crippen LogP contribution in [0.5, 0.6) is 0 Å². The molecule has 4 aliphatic rings. The zero-order chi connectivity index (χ0) is 22.6. The zero-order valence-electron chi connectivity index (χ0n) is 19.7. The maximum atomic E-state index is 11.8. The number of ether oxygens (including phenoxy) is 1. The SMILES string of the molecule is CC(=O)O[C@@H]1CC[C@@]2(C)C(=CC[C@H]3[C@H]2CC[C@]2(C)[C@@H]3CC[C@@]2(O)C#Cc2ccccc2)C1. The van der Waals surface area contributed by atoms with E-state index in [0.29, 0.717) is 17.8 Å². The highest BCUT2D eigenvalue weighted by molar-refractivity contribution is 5.66. The number of hydrogen-bond donors (Lipinski definition) is 1. The van der Waals surface area contributed by atoms with Gasteiger partial charge < -0.3 is 9.84 Å². The maximum Gasteiger partial charge on any atom is 0.302 e. The standard InChI is InChI=1S/C29H36O3/c1-20(30)32-23-12-15-27(2)22(19-23)9-10-24-25(27)13-16-28(3)26(24)14-18-29(28,31)17-11-21-7-5-4-6-8-21/h4-9,23-26,31H,10,12-16,18-19H2,1-3H3/t23-,24+,25-,26-,27+,28-,29+/m1/s1. The summed E-state index contributed by atoms with van der Waals surface area (Å²) in [6.07, 6.45) is 10.6. The number of benzene rings is 1. The van der Waals surface area contributed by atoms with Crippen LogP contribution in [-0.4, -0.2) is 22.8 Å². The van der Waals surface area contributed by atoms with Crippen LogP contribution in [0.3, 0.4) is 0 Å². The number of carbonyl (C=O) groups is 1. The minimum atomic E-state index is -0.906. The Morgan fingerprint density at radius 2 is 1.81 bits per heavy atom. The van der Waals surface area contributed by atoms with Gasteiger partial charge in [0, 0.05) is 24.3 Å². The van der Waals surface area contributed by atoms with E-state index in [9.17, 15) is 9.90 Å². The Kier molecular flexibility index (Phi) is 5.29. The lowest BCUT2D eigenvalue weighted by molar-refractivity contribution is -0.149. The number of fused-ring (bicyclic) bond motifs is 5. The first-order valence-corrected chi connectivity index (χ1v) is 12.4. The molecular weight excluding hydrogens is 396 g/mol. The summed E-state index contributed by atoms with van der Waals surface area (Å²) in [4.78, 5) is 11.5. The summed E-state index contributed by atoms with van der Waals surface area (Å²) in [5.41, 5.74) is 1.64. The van der Waals surface area contributed by atoms with Crippen LogP contribution in [0.1, 0.15) is 77.7 Å². The summed E-state index contributed by atoms with van der Waals surface area (Å²) < 4.78 is 5.57. The van der Waals surface area contributed by atoms with Gasteiger partial charge in [-0.1, -0.05) is 55.5 Å². The normalized spacial score (nSPS) is 42.4. The molecule has 0 spiro atoms. The molecule has 170 valence electrons. The van der Waals surface area contributed by atoms with Crippen molar-refractivity contribution in [1.29, 1.82) is 0 Å². The van der Waals surface area contributed by atoms with Crippen molar-refractivity contribution in [2.75, 3.05) is 0 Å². The maximum absolute atomic E-state index is 11.8. The van der Waals surface area contributed by atoms with E-state index < -0.39 is 5.60 Å². The molecule has 1 N–H and O–H groups in total. The van der Waals surface area contributed by atoms with Gasteiger partial charge in [-0.3, -0.25) is 4.79 Å². The van der Waals surface area contributed by atoms with E-state index in [-0.39, 0.29) is 22.9 Å². The summed E-state index contributed by atoms with van der Waals surface area (Å²) in [5, 5.41) is 11.8. The summed E-state index contributed by atoms with van der Waals surface area (Å²) in [7, 11) is 0. The van der Waals surface area contributed by atoms with E-state index in [1.807, 2.05) is 30.3 Å². The molecule has 0 saturated heterocycles. The third kappa shape index (κ3) is 3.34. The van der Waals surface area contributed by atoms with Gasteiger partial charge in [-0.15, -0.1) is 0 Å². The zero-order valence-corrected chi connectivity index (χ0v) is 19.7. The Morgan fingerprint density at radius 3 is 2.56 bits per heavy atom. The van der Waals surface area contributed by atoms with Crippen LogP contribution in [0.2, 0.25) is 0 Å². The highest BCUT2D eigenvalue weighted by Crippen LogP contribution is 2.67. The second-order valence-electron chi connectivity index (χ2n) is 11.2. The second-order valence-corrected chi connectivity index (χ2v) is 11.2. The summed E-state index contributed by atoms with van der Waals surface area (Å²) in [5.74, 6) is 8.23. The van der Waals surface area contributed by atoms with Crippen molar-refractivity contribution in [3.8, 4) is 11.8 Å². The predicted octanol–water partition coefficient (Wildman–Crippen LogP) is 5.66. The van der Waals surface area contributed by atoms with Gasteiger partial charge >= 0.3 is 5.97 Å². The smallest absolute Gasteiger partial charge is 0.302 e. The topological polar surface area (TPSA) is 46.5 Å². The van der Waals surface area contributed by atoms with Gasteiger partial charge in [-0.25, -0.2) is 0 Å². The molecule has 3 saturated carbocycles. The number of esters is 1. The molecule has 0 unspecified atom stereocenters. The molecule has 0 heterocycles. The molecule has 3 nitrogen and oxygen atoms in total. The van der Waals surface area contributed by atoms with Crippen molar-refractivity contribution in [3.63, 3.8) is 0 Å². The van der Waals surface area contributed by atoms with E-state index in [2.05, 4.69) is 31.8 Å². The fourth-order valence-corrected chi connectivity index (χ4v) is 7.88. The molecular formula is C29H36O3. The molecule has 3 heteroatoms. The Morgan fingerprint density at radius 1 is 1.06 bits per heavy atom. The van der Waals surface area contributed by atoms with E-state index >= 15 is 0 Å². The predicted molar refractivity (Wildman–Crippen MR) is 126 cm³/mol. The molecule has 0 aliphatic heterocycles. The quantitative estimate of drug-likeness (QED) is 0.354. The average molecular weight is 433 g/mol. The van der Waals surface area contributed by atoms with Crippen molar-refractivity contribution in [2.24, 2.45) is 28.6 Å². The van der Waals surface area contributed by atoms with E-state index in [0.717, 1.165) is 56.9 Å². The molecule has 7 atom stereocenters. The monoisotopic (exact) mass is 432 g/mol. The fourth-order valence-electron chi connectivity index (χ4n) is 7.88. The molecule has 32 heavy (non-hydrogen) atoms. The fraction of sp³-hybridized carbons (Fsp3) is 0.621. The van der Waals surface area contributed by atoms with Crippen molar-refractivity contribution >= 4 is 5.97 Å². The van der Waals surface area contributed by atoms with Crippen LogP contribution in [-0.2, 0) is 9.53 Å². The number of hydrogen-bond acceptors (Lipinski definition) is 3. The van der Waals surface area contributed by atoms with Gasteiger partial charge in [0.05, 0.1) is 0 Å². The van der Waals surface area contributed by atoms with Crippen molar-refractivity contribution in [1.82, 2.24) is 0 Å². The second kappa shape index (κ2) is 7.77. The molecule has 1 aromatic carbocycles. The molecule has 5 rings (SSSR count). The van der Waals surface area contributed by atoms with Gasteiger partial charge in [0.15, 0.2) is 0 Å². The van der Waals surface area contributed by atoms with Crippen LogP contribution in [0.4, 0.5) is 0 Å². The van der Waals surface area contributed by atoms with Gasteiger partial charge in [0.25, 0.3) is 0 Å². The third-order valence-corrected chi connectivity index (χ3v) is 9.73. The lowest BCUT2D eigenvalue weighted by Gasteiger charge is -2.58. The first-order chi connectivity index (χ1) is 15.3. The van der Waals surface area contributed by atoms with E-state index in [4.69, 9.17) is 4.74 Å². The number of aliphatic hydroxyl groups is 1. The van der Waals surface area contributed by atoms with Crippen molar-refractivity contribution in [3.05, 3.63) is 47.5 Å². The van der Waals surface area contributed by atoms with Gasteiger partial charge in [-0.05, 0) is 80.2 Å². The first-order valence-electron chi connectivity index (χ1n) is 12.4. The number of rotatable bonds is 1. The highest BCUT2D eigenvalue weighted by atomic mass is 16.5. The average Bonchev–Trinajstić information content (AvgIpc) is 3.04. The Labute approximate surface area is 192 Å². The Hall–Kier alpha value is -2.05. The molecule has 0 bridgehead atoms. The van der Waals surface area contributed by atoms with Crippen LogP contribution >= 0.6 is 0 Å². The third-order valence-electron chi connectivity index (χ3n) is 9.73. The largest absolute Gasteiger partial charge is 0.462 e.